The summed E-state index contributed by atoms with van der Waals surface area (Å²) in [6.45, 7) is 9.44. The Bertz CT molecular complexity index is 454. The number of phenolic OH excluding ortho intramolecular Hbond substituents is 1. The van der Waals surface area contributed by atoms with Gasteiger partial charge in [0.15, 0.2) is 0 Å². The first-order valence-electron chi connectivity index (χ1n) is 5.95. The van der Waals surface area contributed by atoms with Gasteiger partial charge in [-0.1, -0.05) is 26.8 Å². The maximum atomic E-state index is 11.8. The number of phenols is 1. The van der Waals surface area contributed by atoms with Crippen molar-refractivity contribution < 1.29 is 9.90 Å². The van der Waals surface area contributed by atoms with E-state index in [1.807, 2.05) is 6.07 Å². The number of hydrogen-bond acceptors (Lipinski definition) is 3. The lowest BCUT2D eigenvalue weighted by molar-refractivity contribution is -0.120. The van der Waals surface area contributed by atoms with Gasteiger partial charge in [-0.25, -0.2) is 0 Å². The second kappa shape index (κ2) is 4.61. The van der Waals surface area contributed by atoms with E-state index in [1.165, 1.54) is 0 Å². The minimum Gasteiger partial charge on any atom is -0.506 e. The van der Waals surface area contributed by atoms with Gasteiger partial charge in [-0.2, -0.15) is 0 Å². The summed E-state index contributed by atoms with van der Waals surface area (Å²) in [5.74, 6) is -0.288. The highest BCUT2D eigenvalue weighted by atomic mass is 16.3. The Morgan fingerprint density at radius 3 is 2.22 bits per heavy atom. The predicted octanol–water partition coefficient (Wildman–Crippen LogP) is 2.37. The smallest absolute Gasteiger partial charge is 0.243 e. The zero-order valence-corrected chi connectivity index (χ0v) is 11.7. The van der Waals surface area contributed by atoms with Crippen LogP contribution in [0.5, 0.6) is 5.75 Å². The molecule has 4 heteroatoms. The minimum atomic E-state index is -0.982. The zero-order chi connectivity index (χ0) is 14.1. The normalized spacial score (nSPS) is 12.3. The molecule has 0 aliphatic rings. The second-order valence-corrected chi connectivity index (χ2v) is 6.16. The molecule has 1 aromatic carbocycles. The van der Waals surface area contributed by atoms with Gasteiger partial charge in [-0.05, 0) is 37.0 Å². The van der Waals surface area contributed by atoms with Crippen LogP contribution in [0.3, 0.4) is 0 Å². The first-order chi connectivity index (χ1) is 8.01. The van der Waals surface area contributed by atoms with Crippen LogP contribution in [0.4, 0.5) is 5.69 Å². The van der Waals surface area contributed by atoms with E-state index in [1.54, 1.807) is 26.0 Å². The molecule has 0 heterocycles. The largest absolute Gasteiger partial charge is 0.506 e. The number of anilines is 1. The summed E-state index contributed by atoms with van der Waals surface area (Å²) >= 11 is 0. The van der Waals surface area contributed by atoms with Gasteiger partial charge < -0.3 is 16.2 Å². The van der Waals surface area contributed by atoms with Crippen molar-refractivity contribution in [3.8, 4) is 5.75 Å². The number of aromatic hydroxyl groups is 1. The average molecular weight is 250 g/mol. The summed E-state index contributed by atoms with van der Waals surface area (Å²) in [6, 6.07) is 5.21. The molecule has 0 saturated carbocycles. The van der Waals surface area contributed by atoms with E-state index in [0.29, 0.717) is 5.69 Å². The lowest BCUT2D eigenvalue weighted by Gasteiger charge is -2.22. The Kier molecular flexibility index (Phi) is 3.72. The number of nitrogens with two attached hydrogens (primary N) is 1. The van der Waals surface area contributed by atoms with E-state index in [0.717, 1.165) is 5.56 Å². The Hall–Kier alpha value is -1.55. The third-order valence-corrected chi connectivity index (χ3v) is 2.70. The monoisotopic (exact) mass is 250 g/mol. The number of benzene rings is 1. The fraction of sp³-hybridized carbons (Fsp3) is 0.500. The molecule has 100 valence electrons. The van der Waals surface area contributed by atoms with Crippen LogP contribution >= 0.6 is 0 Å². The van der Waals surface area contributed by atoms with Crippen molar-refractivity contribution in [3.05, 3.63) is 23.8 Å². The average Bonchev–Trinajstić information content (AvgIpc) is 2.18. The molecule has 0 bridgehead atoms. The van der Waals surface area contributed by atoms with Gasteiger partial charge in [0.25, 0.3) is 0 Å². The molecule has 0 radical (unpaired) electrons. The minimum absolute atomic E-state index is 0.0422. The highest BCUT2D eigenvalue weighted by Gasteiger charge is 2.23. The third kappa shape index (κ3) is 3.47. The maximum Gasteiger partial charge on any atom is 0.243 e. The summed E-state index contributed by atoms with van der Waals surface area (Å²) in [7, 11) is 0. The Balaban J connectivity index is 3.06. The van der Waals surface area contributed by atoms with Crippen LogP contribution in [0.1, 0.15) is 40.2 Å². The first kappa shape index (κ1) is 14.5. The van der Waals surface area contributed by atoms with Crippen LogP contribution in [0.15, 0.2) is 18.2 Å². The number of carbonyl (C=O) groups is 1. The summed E-state index contributed by atoms with van der Waals surface area (Å²) < 4.78 is 0. The van der Waals surface area contributed by atoms with E-state index in [-0.39, 0.29) is 17.1 Å². The van der Waals surface area contributed by atoms with Crippen molar-refractivity contribution in [2.24, 2.45) is 5.73 Å². The number of amides is 1. The fourth-order valence-electron chi connectivity index (χ4n) is 1.39. The van der Waals surface area contributed by atoms with E-state index in [9.17, 15) is 9.90 Å². The molecular weight excluding hydrogens is 228 g/mol. The molecule has 4 nitrogen and oxygen atoms in total. The van der Waals surface area contributed by atoms with Crippen molar-refractivity contribution in [2.45, 2.75) is 45.6 Å². The van der Waals surface area contributed by atoms with Crippen LogP contribution in [-0.2, 0) is 10.2 Å². The Morgan fingerprint density at radius 1 is 1.22 bits per heavy atom. The predicted molar refractivity (Wildman–Crippen MR) is 73.7 cm³/mol. The van der Waals surface area contributed by atoms with Crippen molar-refractivity contribution in [2.75, 3.05) is 5.32 Å². The summed E-state index contributed by atoms with van der Waals surface area (Å²) in [5.41, 5.74) is 6.10. The van der Waals surface area contributed by atoms with Crippen LogP contribution < -0.4 is 11.1 Å². The van der Waals surface area contributed by atoms with Gasteiger partial charge in [-0.3, -0.25) is 4.79 Å². The third-order valence-electron chi connectivity index (χ3n) is 2.70. The highest BCUT2D eigenvalue weighted by Crippen LogP contribution is 2.30. The molecule has 0 aliphatic carbocycles. The van der Waals surface area contributed by atoms with Gasteiger partial charge in [0, 0.05) is 0 Å². The summed E-state index contributed by atoms with van der Waals surface area (Å²) in [4.78, 5) is 11.8. The number of carbonyl (C=O) groups excluding carboxylic acids is 1. The highest BCUT2D eigenvalue weighted by molar-refractivity contribution is 5.98. The van der Waals surface area contributed by atoms with Crippen LogP contribution in [0, 0.1) is 0 Å². The zero-order valence-electron chi connectivity index (χ0n) is 11.7. The molecule has 4 N–H and O–H groups in total. The molecule has 0 fully saturated rings. The Morgan fingerprint density at radius 2 is 1.78 bits per heavy atom. The van der Waals surface area contributed by atoms with E-state index < -0.39 is 5.54 Å². The maximum absolute atomic E-state index is 11.8. The number of hydrogen-bond donors (Lipinski definition) is 3. The Labute approximate surface area is 108 Å². The van der Waals surface area contributed by atoms with Crippen molar-refractivity contribution in [1.29, 1.82) is 0 Å². The lowest BCUT2D eigenvalue weighted by Crippen LogP contribution is -2.45. The van der Waals surface area contributed by atoms with Crippen LogP contribution in [-0.4, -0.2) is 16.6 Å². The quantitative estimate of drug-likeness (QED) is 0.705. The molecule has 0 spiro atoms. The van der Waals surface area contributed by atoms with Gasteiger partial charge in [-0.15, -0.1) is 0 Å². The molecule has 0 aromatic heterocycles. The van der Waals surface area contributed by atoms with Gasteiger partial charge >= 0.3 is 0 Å². The molecule has 0 saturated heterocycles. The molecule has 1 rings (SSSR count). The second-order valence-electron chi connectivity index (χ2n) is 6.16. The van der Waals surface area contributed by atoms with Crippen molar-refractivity contribution >= 4 is 11.6 Å². The van der Waals surface area contributed by atoms with Gasteiger partial charge in [0.1, 0.15) is 5.75 Å². The van der Waals surface area contributed by atoms with Gasteiger partial charge in [0.05, 0.1) is 11.2 Å². The van der Waals surface area contributed by atoms with E-state index in [4.69, 9.17) is 5.73 Å². The lowest BCUT2D eigenvalue weighted by atomic mass is 9.86. The molecule has 0 unspecified atom stereocenters. The summed E-state index contributed by atoms with van der Waals surface area (Å²) in [6.07, 6.45) is 0. The van der Waals surface area contributed by atoms with Crippen molar-refractivity contribution in [1.82, 2.24) is 0 Å². The van der Waals surface area contributed by atoms with Crippen LogP contribution in [0.25, 0.3) is 0 Å². The molecule has 1 aromatic rings. The van der Waals surface area contributed by atoms with Gasteiger partial charge in [0.2, 0.25) is 5.91 Å². The van der Waals surface area contributed by atoms with Crippen molar-refractivity contribution in [3.63, 3.8) is 0 Å². The number of rotatable bonds is 2. The molecular formula is C14H22N2O2. The van der Waals surface area contributed by atoms with Crippen LogP contribution in [0.2, 0.25) is 0 Å². The topological polar surface area (TPSA) is 75.4 Å². The number of nitrogens with one attached hydrogen (secondary N) is 1. The standard InChI is InChI=1S/C14H22N2O2/c1-13(2,3)9-6-7-11(17)10(8-9)16-12(18)14(4,5)15/h6-8,17H,15H2,1-5H3,(H,16,18). The molecule has 0 aliphatic heterocycles. The SMILES string of the molecule is CC(C)(N)C(=O)Nc1cc(C(C)(C)C)ccc1O. The molecule has 1 amide bonds. The van der Waals surface area contributed by atoms with E-state index in [2.05, 4.69) is 26.1 Å². The van der Waals surface area contributed by atoms with E-state index >= 15 is 0 Å². The fourth-order valence-corrected chi connectivity index (χ4v) is 1.39. The molecule has 18 heavy (non-hydrogen) atoms. The first-order valence-corrected chi connectivity index (χ1v) is 5.95. The summed E-state index contributed by atoms with van der Waals surface area (Å²) in [5, 5.41) is 12.4. The molecule has 0 atom stereocenters.